The molecule has 0 heterocycles. The number of fused-ring (bicyclic) bond motifs is 2. The van der Waals surface area contributed by atoms with Gasteiger partial charge in [-0.2, -0.15) is 0 Å². The zero-order valence-electron chi connectivity index (χ0n) is 13.7. The Bertz CT molecular complexity index is 855. The summed E-state index contributed by atoms with van der Waals surface area (Å²) in [6, 6.07) is 22.4. The van der Waals surface area contributed by atoms with E-state index < -0.39 is 0 Å². The van der Waals surface area contributed by atoms with E-state index in [1.165, 1.54) is 0 Å². The Balaban J connectivity index is 0.000000173. The van der Waals surface area contributed by atoms with Crippen molar-refractivity contribution >= 4 is 32.9 Å². The topological polar surface area (TPSA) is 92.5 Å². The van der Waals surface area contributed by atoms with Gasteiger partial charge in [-0.05, 0) is 45.8 Å². The van der Waals surface area contributed by atoms with Gasteiger partial charge in [0.1, 0.15) is 11.5 Å². The quantitative estimate of drug-likeness (QED) is 0.207. The molecule has 6 N–H and O–H groups in total. The molecule has 0 spiro atoms. The number of hydrogen-bond donors (Lipinski definition) is 4. The van der Waals surface area contributed by atoms with E-state index in [9.17, 15) is 10.2 Å². The summed E-state index contributed by atoms with van der Waals surface area (Å²) in [6.45, 7) is 0. The number of nitrogens with two attached hydrogens (primary N) is 2. The molecule has 0 unspecified atom stereocenters. The van der Waals surface area contributed by atoms with Gasteiger partial charge in [-0.15, -0.1) is 0 Å². The minimum atomic E-state index is 0. The maximum absolute atomic E-state index is 9.29. The smallest absolute Gasteiger partial charge is 0.139 e. The second-order valence-electron chi connectivity index (χ2n) is 5.52. The Morgan fingerprint density at radius 1 is 0.520 bits per heavy atom. The number of hydrogen-bond acceptors (Lipinski definition) is 4. The standard InChI is InChI=1S/2C10H9NO.Zn/c2*11-9-5-7-3-1-2-4-8(7)6-10(9)12;/h2*1-6,12H,11H2;. The number of benzene rings is 4. The molecule has 4 aromatic rings. The molecule has 0 aliphatic carbocycles. The average Bonchev–Trinajstić information content (AvgIpc) is 2.57. The van der Waals surface area contributed by atoms with E-state index in [-0.39, 0.29) is 31.0 Å². The third-order valence-corrected chi connectivity index (χ3v) is 3.79. The van der Waals surface area contributed by atoms with Gasteiger partial charge in [0.25, 0.3) is 0 Å². The van der Waals surface area contributed by atoms with Crippen LogP contribution in [0.2, 0.25) is 0 Å². The third-order valence-electron chi connectivity index (χ3n) is 3.79. The molecule has 4 rings (SSSR count). The van der Waals surface area contributed by atoms with Crippen LogP contribution in [0.15, 0.2) is 72.8 Å². The van der Waals surface area contributed by atoms with E-state index in [0.717, 1.165) is 21.5 Å². The van der Waals surface area contributed by atoms with Crippen LogP contribution in [0.3, 0.4) is 0 Å². The van der Waals surface area contributed by atoms with Crippen LogP contribution in [0.1, 0.15) is 0 Å². The van der Waals surface area contributed by atoms with Gasteiger partial charge in [0.2, 0.25) is 0 Å². The van der Waals surface area contributed by atoms with Gasteiger partial charge in [0.05, 0.1) is 11.4 Å². The summed E-state index contributed by atoms with van der Waals surface area (Å²) in [4.78, 5) is 0. The molecule has 122 valence electrons. The van der Waals surface area contributed by atoms with E-state index in [2.05, 4.69) is 0 Å². The van der Waals surface area contributed by atoms with Crippen LogP contribution in [0.5, 0.6) is 11.5 Å². The van der Waals surface area contributed by atoms with Crippen LogP contribution in [0.25, 0.3) is 21.5 Å². The van der Waals surface area contributed by atoms with Gasteiger partial charge in [0.15, 0.2) is 0 Å². The van der Waals surface area contributed by atoms with Crippen LogP contribution < -0.4 is 11.5 Å². The Morgan fingerprint density at radius 3 is 1.12 bits per heavy atom. The van der Waals surface area contributed by atoms with Crippen LogP contribution in [0.4, 0.5) is 11.4 Å². The first-order valence-corrected chi connectivity index (χ1v) is 7.49. The summed E-state index contributed by atoms with van der Waals surface area (Å²) in [6.07, 6.45) is 0. The molecule has 0 saturated heterocycles. The molecule has 0 bridgehead atoms. The Morgan fingerprint density at radius 2 is 0.800 bits per heavy atom. The van der Waals surface area contributed by atoms with Gasteiger partial charge in [-0.25, -0.2) is 0 Å². The second kappa shape index (κ2) is 7.86. The van der Waals surface area contributed by atoms with Gasteiger partial charge >= 0.3 is 0 Å². The van der Waals surface area contributed by atoms with Crippen LogP contribution in [-0.2, 0) is 19.5 Å². The largest absolute Gasteiger partial charge is 0.506 e. The molecule has 0 atom stereocenters. The van der Waals surface area contributed by atoms with Crippen molar-refractivity contribution in [1.82, 2.24) is 0 Å². The van der Waals surface area contributed by atoms with Crippen LogP contribution in [-0.4, -0.2) is 10.2 Å². The third kappa shape index (κ3) is 4.20. The number of aromatic hydroxyl groups is 2. The van der Waals surface area contributed by atoms with Crippen molar-refractivity contribution in [2.75, 3.05) is 11.5 Å². The second-order valence-corrected chi connectivity index (χ2v) is 5.52. The molecular weight excluding hydrogens is 366 g/mol. The summed E-state index contributed by atoms with van der Waals surface area (Å²) in [5.74, 6) is 0.294. The summed E-state index contributed by atoms with van der Waals surface area (Å²) >= 11 is 0. The molecule has 5 heteroatoms. The van der Waals surface area contributed by atoms with Crippen molar-refractivity contribution in [3.63, 3.8) is 0 Å². The molecule has 4 nitrogen and oxygen atoms in total. The average molecular weight is 384 g/mol. The fraction of sp³-hybridized carbons (Fsp3) is 0. The zero-order chi connectivity index (χ0) is 17.1. The molecule has 0 amide bonds. The maximum atomic E-state index is 9.29. The molecule has 0 aliphatic rings. The maximum Gasteiger partial charge on any atom is 0.139 e. The summed E-state index contributed by atoms with van der Waals surface area (Å²) in [5, 5.41) is 22.7. The predicted octanol–water partition coefficient (Wildman–Crippen LogP) is 4.25. The molecule has 0 aliphatic heterocycles. The molecule has 0 fully saturated rings. The van der Waals surface area contributed by atoms with Crippen molar-refractivity contribution in [2.45, 2.75) is 0 Å². The molecule has 0 aromatic heterocycles. The minimum Gasteiger partial charge on any atom is -0.506 e. The fourth-order valence-corrected chi connectivity index (χ4v) is 2.49. The monoisotopic (exact) mass is 382 g/mol. The van der Waals surface area contributed by atoms with Gasteiger partial charge < -0.3 is 21.7 Å². The first-order chi connectivity index (χ1) is 11.5. The van der Waals surface area contributed by atoms with Crippen molar-refractivity contribution in [1.29, 1.82) is 0 Å². The van der Waals surface area contributed by atoms with Crippen molar-refractivity contribution in [3.05, 3.63) is 72.8 Å². The van der Waals surface area contributed by atoms with Gasteiger partial charge in [-0.1, -0.05) is 48.5 Å². The number of nitrogen functional groups attached to an aromatic ring is 2. The Hall–Kier alpha value is -2.78. The van der Waals surface area contributed by atoms with Crippen LogP contribution in [0, 0.1) is 0 Å². The normalized spacial score (nSPS) is 9.92. The minimum absolute atomic E-state index is 0. The van der Waals surface area contributed by atoms with E-state index in [4.69, 9.17) is 11.5 Å². The number of rotatable bonds is 0. The van der Waals surface area contributed by atoms with Crippen molar-refractivity contribution in [3.8, 4) is 11.5 Å². The SMILES string of the molecule is Nc1cc2ccccc2cc1O.Nc1cc2ccccc2cc1O.[Zn]. The molecule has 0 radical (unpaired) electrons. The predicted molar refractivity (Wildman–Crippen MR) is 100 cm³/mol. The van der Waals surface area contributed by atoms with E-state index in [1.807, 2.05) is 48.5 Å². The Kier molecular flexibility index (Phi) is 5.84. The first kappa shape index (κ1) is 18.6. The fourth-order valence-electron chi connectivity index (χ4n) is 2.49. The van der Waals surface area contributed by atoms with Gasteiger partial charge in [-0.3, -0.25) is 0 Å². The zero-order valence-corrected chi connectivity index (χ0v) is 16.7. The van der Waals surface area contributed by atoms with Crippen molar-refractivity contribution < 1.29 is 29.7 Å². The number of phenolic OH excluding ortho intramolecular Hbond substituents is 2. The van der Waals surface area contributed by atoms with E-state index in [1.54, 1.807) is 24.3 Å². The molecule has 25 heavy (non-hydrogen) atoms. The number of phenols is 2. The summed E-state index contributed by atoms with van der Waals surface area (Å²) in [5.41, 5.74) is 11.9. The van der Waals surface area contributed by atoms with E-state index in [0.29, 0.717) is 11.4 Å². The Labute approximate surface area is 158 Å². The molecule has 0 saturated carbocycles. The summed E-state index contributed by atoms with van der Waals surface area (Å²) < 4.78 is 0. The first-order valence-electron chi connectivity index (χ1n) is 7.49. The van der Waals surface area contributed by atoms with E-state index >= 15 is 0 Å². The van der Waals surface area contributed by atoms with Crippen LogP contribution >= 0.6 is 0 Å². The van der Waals surface area contributed by atoms with Crippen molar-refractivity contribution in [2.24, 2.45) is 0 Å². The molecule has 4 aromatic carbocycles. The van der Waals surface area contributed by atoms with Gasteiger partial charge in [0, 0.05) is 19.5 Å². The summed E-state index contributed by atoms with van der Waals surface area (Å²) in [7, 11) is 0. The molecular formula is C20H18N2O2Zn. The number of anilines is 2.